The van der Waals surface area contributed by atoms with E-state index in [1.807, 2.05) is 42.5 Å². The van der Waals surface area contributed by atoms with Gasteiger partial charge in [0.25, 0.3) is 5.91 Å². The summed E-state index contributed by atoms with van der Waals surface area (Å²) in [4.78, 5) is 27.9. The average Bonchev–Trinajstić information content (AvgIpc) is 2.61. The molecule has 0 fully saturated rings. The van der Waals surface area contributed by atoms with Gasteiger partial charge in [-0.1, -0.05) is 48.6 Å². The van der Waals surface area contributed by atoms with E-state index in [4.69, 9.17) is 4.74 Å². The zero-order valence-electron chi connectivity index (χ0n) is 12.8. The number of carbonyl (C=O) groups is 2. The summed E-state index contributed by atoms with van der Waals surface area (Å²) in [5.74, 6) is -0.902. The third-order valence-electron chi connectivity index (χ3n) is 3.17. The molecule has 1 atom stereocenters. The molecule has 0 saturated heterocycles. The van der Waals surface area contributed by atoms with E-state index < -0.39 is 17.9 Å². The Morgan fingerprint density at radius 2 is 1.91 bits per heavy atom. The summed E-state index contributed by atoms with van der Waals surface area (Å²) in [6.45, 7) is 0. The van der Waals surface area contributed by atoms with Gasteiger partial charge in [-0.3, -0.25) is 9.78 Å². The van der Waals surface area contributed by atoms with Gasteiger partial charge in [0.1, 0.15) is 11.7 Å². The number of hydrogen-bond donors (Lipinski definition) is 1. The van der Waals surface area contributed by atoms with Crippen molar-refractivity contribution in [2.75, 3.05) is 7.11 Å². The number of esters is 1. The van der Waals surface area contributed by atoms with Crippen molar-refractivity contribution in [3.05, 3.63) is 72.1 Å². The third-order valence-corrected chi connectivity index (χ3v) is 3.17. The highest BCUT2D eigenvalue weighted by molar-refractivity contribution is 5.95. The Kier molecular flexibility index (Phi) is 6.06. The molecular formula is C18H18N2O3. The number of pyridine rings is 1. The van der Waals surface area contributed by atoms with Crippen LogP contribution < -0.4 is 5.32 Å². The van der Waals surface area contributed by atoms with Crippen LogP contribution in [-0.2, 0) is 9.53 Å². The van der Waals surface area contributed by atoms with Crippen LogP contribution in [0.3, 0.4) is 0 Å². The largest absolute Gasteiger partial charge is 0.467 e. The van der Waals surface area contributed by atoms with Crippen LogP contribution in [0.2, 0.25) is 0 Å². The lowest BCUT2D eigenvalue weighted by atomic mass is 10.1. The van der Waals surface area contributed by atoms with E-state index in [2.05, 4.69) is 10.3 Å². The lowest BCUT2D eigenvalue weighted by Crippen LogP contribution is -2.41. The minimum atomic E-state index is -0.755. The molecule has 2 aromatic rings. The second-order valence-corrected chi connectivity index (χ2v) is 4.81. The predicted molar refractivity (Wildman–Crippen MR) is 87.6 cm³/mol. The van der Waals surface area contributed by atoms with Gasteiger partial charge in [0.05, 0.1) is 7.11 Å². The second-order valence-electron chi connectivity index (χ2n) is 4.81. The van der Waals surface area contributed by atoms with Crippen molar-refractivity contribution in [2.24, 2.45) is 0 Å². The number of nitrogens with zero attached hydrogens (tertiary/aromatic N) is 1. The Balaban J connectivity index is 2.01. The van der Waals surface area contributed by atoms with Crippen molar-refractivity contribution in [3.8, 4) is 0 Å². The highest BCUT2D eigenvalue weighted by Gasteiger charge is 2.21. The van der Waals surface area contributed by atoms with Crippen LogP contribution in [0.15, 0.2) is 60.8 Å². The van der Waals surface area contributed by atoms with E-state index in [9.17, 15) is 9.59 Å². The Labute approximate surface area is 135 Å². The van der Waals surface area contributed by atoms with Crippen molar-refractivity contribution in [3.63, 3.8) is 0 Å². The van der Waals surface area contributed by atoms with Crippen LogP contribution in [-0.4, -0.2) is 30.0 Å². The first-order valence-electron chi connectivity index (χ1n) is 7.22. The molecule has 5 heteroatoms. The van der Waals surface area contributed by atoms with Crippen LogP contribution in [0.1, 0.15) is 22.5 Å². The minimum absolute atomic E-state index is 0.258. The van der Waals surface area contributed by atoms with E-state index >= 15 is 0 Å². The summed E-state index contributed by atoms with van der Waals surface area (Å²) in [6.07, 6.45) is 5.58. The first-order valence-corrected chi connectivity index (χ1v) is 7.22. The molecular weight excluding hydrogens is 292 g/mol. The van der Waals surface area contributed by atoms with E-state index in [1.165, 1.54) is 13.3 Å². The fourth-order valence-corrected chi connectivity index (χ4v) is 1.99. The summed E-state index contributed by atoms with van der Waals surface area (Å²) in [5.41, 5.74) is 1.28. The number of aromatic nitrogens is 1. The molecule has 23 heavy (non-hydrogen) atoms. The van der Waals surface area contributed by atoms with Gasteiger partial charge < -0.3 is 10.1 Å². The van der Waals surface area contributed by atoms with Gasteiger partial charge in [-0.25, -0.2) is 4.79 Å². The first kappa shape index (κ1) is 16.4. The zero-order chi connectivity index (χ0) is 16.5. The molecule has 0 aliphatic heterocycles. The number of nitrogens with one attached hydrogen (secondary N) is 1. The summed E-state index contributed by atoms with van der Waals surface area (Å²) < 4.78 is 4.74. The van der Waals surface area contributed by atoms with Crippen molar-refractivity contribution < 1.29 is 14.3 Å². The molecule has 1 aromatic carbocycles. The van der Waals surface area contributed by atoms with E-state index in [0.29, 0.717) is 6.42 Å². The molecule has 5 nitrogen and oxygen atoms in total. The smallest absolute Gasteiger partial charge is 0.328 e. The van der Waals surface area contributed by atoms with Crippen LogP contribution >= 0.6 is 0 Å². The number of rotatable bonds is 6. The highest BCUT2D eigenvalue weighted by atomic mass is 16.5. The van der Waals surface area contributed by atoms with Crippen LogP contribution in [0, 0.1) is 0 Å². The molecule has 1 amide bonds. The zero-order valence-corrected chi connectivity index (χ0v) is 12.8. The first-order chi connectivity index (χ1) is 11.2. The summed E-state index contributed by atoms with van der Waals surface area (Å²) in [7, 11) is 1.29. The Hall–Kier alpha value is -2.95. The molecule has 0 aliphatic rings. The Morgan fingerprint density at radius 3 is 2.57 bits per heavy atom. The van der Waals surface area contributed by atoms with Gasteiger partial charge in [-0.15, -0.1) is 0 Å². The van der Waals surface area contributed by atoms with Gasteiger partial charge in [0.2, 0.25) is 0 Å². The van der Waals surface area contributed by atoms with Crippen molar-refractivity contribution in [2.45, 2.75) is 12.5 Å². The van der Waals surface area contributed by atoms with Crippen molar-refractivity contribution in [1.82, 2.24) is 10.3 Å². The third kappa shape index (κ3) is 5.07. The van der Waals surface area contributed by atoms with Crippen molar-refractivity contribution in [1.29, 1.82) is 0 Å². The number of ether oxygens (including phenoxy) is 1. The standard InChI is InChI=1S/C18H18N2O3/c1-23-18(22)16(12-7-10-14-8-3-2-4-9-14)20-17(21)15-11-5-6-13-19-15/h2-11,13,16H,12H2,1H3,(H,20,21)/b10-7+/t16-/m0/s1. The fourth-order valence-electron chi connectivity index (χ4n) is 1.99. The summed E-state index contributed by atoms with van der Waals surface area (Å²) in [6, 6.07) is 14.0. The van der Waals surface area contributed by atoms with Crippen molar-refractivity contribution >= 4 is 18.0 Å². The maximum Gasteiger partial charge on any atom is 0.328 e. The summed E-state index contributed by atoms with van der Waals surface area (Å²) >= 11 is 0. The average molecular weight is 310 g/mol. The fraction of sp³-hybridized carbons (Fsp3) is 0.167. The number of benzene rings is 1. The van der Waals surface area contributed by atoms with Crippen LogP contribution in [0.25, 0.3) is 6.08 Å². The molecule has 0 aliphatic carbocycles. The van der Waals surface area contributed by atoms with E-state index in [-0.39, 0.29) is 5.69 Å². The number of amides is 1. The SMILES string of the molecule is COC(=O)[C@H](C/C=C/c1ccccc1)NC(=O)c1ccccn1. The monoisotopic (exact) mass is 310 g/mol. The number of hydrogen-bond acceptors (Lipinski definition) is 4. The molecule has 1 heterocycles. The Bertz CT molecular complexity index is 669. The Morgan fingerprint density at radius 1 is 1.17 bits per heavy atom. The normalized spacial score (nSPS) is 11.9. The molecule has 0 spiro atoms. The topological polar surface area (TPSA) is 68.3 Å². The van der Waals surface area contributed by atoms with Gasteiger partial charge in [0.15, 0.2) is 0 Å². The number of methoxy groups -OCH3 is 1. The maximum atomic E-state index is 12.1. The molecule has 118 valence electrons. The lowest BCUT2D eigenvalue weighted by molar-refractivity contribution is -0.142. The summed E-state index contributed by atoms with van der Waals surface area (Å²) in [5, 5.41) is 2.64. The van der Waals surface area contributed by atoms with Gasteiger partial charge >= 0.3 is 5.97 Å². The molecule has 1 aromatic heterocycles. The molecule has 0 radical (unpaired) electrons. The van der Waals surface area contributed by atoms with E-state index in [1.54, 1.807) is 18.2 Å². The minimum Gasteiger partial charge on any atom is -0.467 e. The van der Waals surface area contributed by atoms with E-state index in [0.717, 1.165) is 5.56 Å². The van der Waals surface area contributed by atoms with Crippen LogP contribution in [0.5, 0.6) is 0 Å². The predicted octanol–water partition coefficient (Wildman–Crippen LogP) is 2.46. The maximum absolute atomic E-state index is 12.1. The highest BCUT2D eigenvalue weighted by Crippen LogP contribution is 2.05. The van der Waals surface area contributed by atoms with Gasteiger partial charge in [-0.2, -0.15) is 0 Å². The number of carbonyl (C=O) groups excluding carboxylic acids is 2. The van der Waals surface area contributed by atoms with Crippen LogP contribution in [0.4, 0.5) is 0 Å². The lowest BCUT2D eigenvalue weighted by Gasteiger charge is -2.14. The molecule has 0 unspecified atom stereocenters. The molecule has 2 rings (SSSR count). The molecule has 0 saturated carbocycles. The molecule has 1 N–H and O–H groups in total. The quantitative estimate of drug-likeness (QED) is 0.832. The van der Waals surface area contributed by atoms with Gasteiger partial charge in [-0.05, 0) is 24.1 Å². The molecule has 0 bridgehead atoms. The van der Waals surface area contributed by atoms with Gasteiger partial charge in [0, 0.05) is 6.20 Å². The second kappa shape index (κ2) is 8.48.